The summed E-state index contributed by atoms with van der Waals surface area (Å²) in [5, 5.41) is 7.25. The van der Waals surface area contributed by atoms with Gasteiger partial charge in [-0.25, -0.2) is 9.78 Å². The second-order valence-electron chi connectivity index (χ2n) is 8.31. The number of carbonyl (C=O) groups excluding carboxylic acids is 3. The Morgan fingerprint density at radius 3 is 2.46 bits per heavy atom. The molecular weight excluding hydrogens is 450 g/mol. The van der Waals surface area contributed by atoms with Crippen molar-refractivity contribution in [2.45, 2.75) is 33.6 Å². The first-order valence-electron chi connectivity index (χ1n) is 11.6. The van der Waals surface area contributed by atoms with Crippen LogP contribution in [-0.4, -0.2) is 75.1 Å². The van der Waals surface area contributed by atoms with Gasteiger partial charge in [0.05, 0.1) is 6.61 Å². The number of nitrogens with one attached hydrogen (secondary N) is 1. The molecule has 184 valence electrons. The third-order valence-electron chi connectivity index (χ3n) is 6.00. The van der Waals surface area contributed by atoms with Gasteiger partial charge in [-0.3, -0.25) is 9.59 Å². The molecule has 1 aliphatic rings. The van der Waals surface area contributed by atoms with Crippen LogP contribution in [0.25, 0.3) is 5.78 Å². The van der Waals surface area contributed by atoms with E-state index in [1.807, 2.05) is 6.92 Å². The first-order valence-corrected chi connectivity index (χ1v) is 11.6. The lowest BCUT2D eigenvalue weighted by Gasteiger charge is -2.37. The van der Waals surface area contributed by atoms with Crippen molar-refractivity contribution in [1.29, 1.82) is 0 Å². The van der Waals surface area contributed by atoms with Crippen molar-refractivity contribution >= 4 is 35.1 Å². The van der Waals surface area contributed by atoms with Crippen molar-refractivity contribution in [3.63, 3.8) is 0 Å². The molecule has 0 saturated carbocycles. The molecule has 0 spiro atoms. The predicted molar refractivity (Wildman–Crippen MR) is 130 cm³/mol. The number of aryl methyl sites for hydroxylation is 1. The summed E-state index contributed by atoms with van der Waals surface area (Å²) in [4.78, 5) is 48.9. The van der Waals surface area contributed by atoms with E-state index in [0.29, 0.717) is 56.2 Å². The number of fused-ring (bicyclic) bond motifs is 1. The van der Waals surface area contributed by atoms with E-state index in [9.17, 15) is 14.4 Å². The zero-order chi connectivity index (χ0) is 24.9. The minimum absolute atomic E-state index is 0.0199. The van der Waals surface area contributed by atoms with Gasteiger partial charge in [-0.15, -0.1) is 0 Å². The maximum atomic E-state index is 12.8. The lowest BCUT2D eigenvalue weighted by Crippen LogP contribution is -2.50. The highest BCUT2D eigenvalue weighted by Crippen LogP contribution is 2.26. The third-order valence-corrected chi connectivity index (χ3v) is 6.00. The van der Waals surface area contributed by atoms with Crippen LogP contribution < -0.4 is 10.2 Å². The summed E-state index contributed by atoms with van der Waals surface area (Å²) in [5.41, 5.74) is 2.94. The largest absolute Gasteiger partial charge is 0.466 e. The number of amides is 2. The average molecular weight is 480 g/mol. The Hall–Kier alpha value is -4.02. The number of Topliss-reactive ketones (excluding diaryl/α,β-unsaturated/α-hetero) is 1. The molecule has 1 saturated heterocycles. The van der Waals surface area contributed by atoms with Crippen molar-refractivity contribution in [3.8, 4) is 0 Å². The Kier molecular flexibility index (Phi) is 7.23. The average Bonchev–Trinajstić information content (AvgIpc) is 3.31. The van der Waals surface area contributed by atoms with Crippen LogP contribution in [0.5, 0.6) is 0 Å². The Bertz CT molecular complexity index is 1230. The Balaban J connectivity index is 1.46. The van der Waals surface area contributed by atoms with Gasteiger partial charge in [-0.1, -0.05) is 0 Å². The minimum atomic E-state index is -0.255. The number of urea groups is 1. The first-order chi connectivity index (χ1) is 16.9. The number of benzene rings is 1. The highest BCUT2D eigenvalue weighted by Gasteiger charge is 2.26. The number of anilines is 2. The monoisotopic (exact) mass is 479 g/mol. The molecule has 2 aromatic heterocycles. The van der Waals surface area contributed by atoms with Crippen LogP contribution in [0.3, 0.4) is 0 Å². The second-order valence-corrected chi connectivity index (χ2v) is 8.31. The first kappa shape index (κ1) is 24.1. The van der Waals surface area contributed by atoms with E-state index in [1.54, 1.807) is 40.6 Å². The zero-order valence-corrected chi connectivity index (χ0v) is 20.2. The summed E-state index contributed by atoms with van der Waals surface area (Å²) in [6.45, 7) is 7.72. The number of ether oxygens (including phenoxy) is 1. The van der Waals surface area contributed by atoms with E-state index in [4.69, 9.17) is 4.74 Å². The van der Waals surface area contributed by atoms with Crippen molar-refractivity contribution in [2.24, 2.45) is 0 Å². The molecule has 35 heavy (non-hydrogen) atoms. The standard InChI is InChI=1S/C24H29N7O4/c1-4-35-21(33)10-9-20-16(2)27-23-25-15-26-31(23)22(20)29-11-13-30(14-12-29)24(34)28-19-7-5-18(6-8-19)17(3)32/h5-8,15H,4,9-14H2,1-3H3,(H,28,34). The Morgan fingerprint density at radius 2 is 1.80 bits per heavy atom. The molecule has 1 fully saturated rings. The third kappa shape index (κ3) is 5.39. The molecule has 0 radical (unpaired) electrons. The molecule has 11 nitrogen and oxygen atoms in total. The Labute approximate surface area is 203 Å². The molecule has 0 aliphatic carbocycles. The lowest BCUT2D eigenvalue weighted by molar-refractivity contribution is -0.143. The zero-order valence-electron chi connectivity index (χ0n) is 20.2. The van der Waals surface area contributed by atoms with E-state index >= 15 is 0 Å². The topological polar surface area (TPSA) is 122 Å². The van der Waals surface area contributed by atoms with Gasteiger partial charge in [0.15, 0.2) is 5.78 Å². The number of hydrogen-bond acceptors (Lipinski definition) is 8. The van der Waals surface area contributed by atoms with Crippen LogP contribution in [0, 0.1) is 6.92 Å². The molecule has 0 bridgehead atoms. The van der Waals surface area contributed by atoms with Crippen LogP contribution >= 0.6 is 0 Å². The Morgan fingerprint density at radius 1 is 1.09 bits per heavy atom. The second kappa shape index (κ2) is 10.5. The van der Waals surface area contributed by atoms with Gasteiger partial charge in [-0.2, -0.15) is 14.6 Å². The summed E-state index contributed by atoms with van der Waals surface area (Å²) in [6.07, 6.45) is 2.18. The fraction of sp³-hybridized carbons (Fsp3) is 0.417. The molecule has 1 N–H and O–H groups in total. The molecule has 3 aromatic rings. The highest BCUT2D eigenvalue weighted by atomic mass is 16.5. The van der Waals surface area contributed by atoms with Gasteiger partial charge in [0.2, 0.25) is 0 Å². The number of ketones is 1. The molecule has 0 unspecified atom stereocenters. The number of nitrogens with zero attached hydrogens (tertiary/aromatic N) is 6. The maximum Gasteiger partial charge on any atom is 0.321 e. The lowest BCUT2D eigenvalue weighted by atomic mass is 10.1. The summed E-state index contributed by atoms with van der Waals surface area (Å²) in [5.74, 6) is 1.06. The van der Waals surface area contributed by atoms with E-state index in [0.717, 1.165) is 17.1 Å². The molecule has 3 heterocycles. The van der Waals surface area contributed by atoms with Gasteiger partial charge < -0.3 is 19.9 Å². The summed E-state index contributed by atoms with van der Waals surface area (Å²) in [7, 11) is 0. The van der Waals surface area contributed by atoms with Gasteiger partial charge in [0, 0.05) is 55.1 Å². The van der Waals surface area contributed by atoms with Crippen molar-refractivity contribution in [2.75, 3.05) is 43.0 Å². The molecular formula is C24H29N7O4. The summed E-state index contributed by atoms with van der Waals surface area (Å²) in [6, 6.07) is 6.65. The predicted octanol–water partition coefficient (Wildman–Crippen LogP) is 2.49. The number of esters is 1. The van der Waals surface area contributed by atoms with Crippen LogP contribution in [0.4, 0.5) is 16.3 Å². The van der Waals surface area contributed by atoms with Crippen molar-refractivity contribution in [3.05, 3.63) is 47.4 Å². The van der Waals surface area contributed by atoms with Crippen LogP contribution in [0.2, 0.25) is 0 Å². The van der Waals surface area contributed by atoms with E-state index in [2.05, 4.69) is 25.3 Å². The quantitative estimate of drug-likeness (QED) is 0.405. The number of carbonyl (C=O) groups is 3. The molecule has 0 atom stereocenters. The van der Waals surface area contributed by atoms with E-state index < -0.39 is 0 Å². The number of rotatable bonds is 7. The molecule has 11 heteroatoms. The summed E-state index contributed by atoms with van der Waals surface area (Å²) >= 11 is 0. The molecule has 1 aromatic carbocycles. The number of hydrogen-bond donors (Lipinski definition) is 1. The number of piperazine rings is 1. The molecule has 2 amide bonds. The summed E-state index contributed by atoms with van der Waals surface area (Å²) < 4.78 is 6.79. The smallest absolute Gasteiger partial charge is 0.321 e. The van der Waals surface area contributed by atoms with Gasteiger partial charge in [0.25, 0.3) is 5.78 Å². The van der Waals surface area contributed by atoms with Crippen LogP contribution in [0.1, 0.15) is 41.9 Å². The normalized spacial score (nSPS) is 13.7. The maximum absolute atomic E-state index is 12.8. The fourth-order valence-electron chi connectivity index (χ4n) is 4.16. The van der Waals surface area contributed by atoms with Gasteiger partial charge in [-0.05, 0) is 51.5 Å². The van der Waals surface area contributed by atoms with E-state index in [-0.39, 0.29) is 24.2 Å². The van der Waals surface area contributed by atoms with E-state index in [1.165, 1.54) is 13.3 Å². The SMILES string of the molecule is CCOC(=O)CCc1c(C)nc2ncnn2c1N1CCN(C(=O)Nc2ccc(C(C)=O)cc2)CC1. The fourth-order valence-corrected chi connectivity index (χ4v) is 4.16. The highest BCUT2D eigenvalue weighted by molar-refractivity contribution is 5.95. The number of aromatic nitrogens is 4. The van der Waals surface area contributed by atoms with Crippen molar-refractivity contribution < 1.29 is 19.1 Å². The van der Waals surface area contributed by atoms with Gasteiger partial charge >= 0.3 is 12.0 Å². The van der Waals surface area contributed by atoms with Crippen LogP contribution in [0.15, 0.2) is 30.6 Å². The molecule has 1 aliphatic heterocycles. The van der Waals surface area contributed by atoms with Crippen molar-refractivity contribution in [1.82, 2.24) is 24.5 Å². The minimum Gasteiger partial charge on any atom is -0.466 e. The molecule has 4 rings (SSSR count). The van der Waals surface area contributed by atoms with Crippen LogP contribution in [-0.2, 0) is 16.0 Å². The van der Waals surface area contributed by atoms with Gasteiger partial charge in [0.1, 0.15) is 12.1 Å².